The lowest BCUT2D eigenvalue weighted by Gasteiger charge is -2.31. The van der Waals surface area contributed by atoms with Crippen LogP contribution in [0, 0.1) is 0 Å². The van der Waals surface area contributed by atoms with Crippen molar-refractivity contribution in [2.75, 3.05) is 20.2 Å². The van der Waals surface area contributed by atoms with E-state index in [1.807, 2.05) is 0 Å². The largest absolute Gasteiger partial charge is 0.480 e. The Hall–Kier alpha value is -1.30. The highest BCUT2D eigenvalue weighted by Gasteiger charge is 2.24. The third kappa shape index (κ3) is 3.37. The summed E-state index contributed by atoms with van der Waals surface area (Å²) in [6.45, 7) is 2.66. The second kappa shape index (κ2) is 5.69. The number of methoxy groups -OCH3 is 1. The van der Waals surface area contributed by atoms with Crippen LogP contribution in [0.3, 0.4) is 0 Å². The number of hydrogen-bond donors (Lipinski definition) is 2. The number of nitrogens with zero attached hydrogens (tertiary/aromatic N) is 1. The average molecular weight is 230 g/mol. The second-order valence-electron chi connectivity index (χ2n) is 3.93. The molecule has 1 atom stereocenters. The Morgan fingerprint density at radius 2 is 2.00 bits per heavy atom. The fourth-order valence-electron chi connectivity index (χ4n) is 1.63. The van der Waals surface area contributed by atoms with E-state index in [1.165, 1.54) is 6.92 Å². The van der Waals surface area contributed by atoms with E-state index >= 15 is 0 Å². The first-order valence-electron chi connectivity index (χ1n) is 5.35. The fraction of sp³-hybridized carbons (Fsp3) is 0.800. The molecule has 0 unspecified atom stereocenters. The van der Waals surface area contributed by atoms with Gasteiger partial charge in [-0.3, -0.25) is 4.79 Å². The van der Waals surface area contributed by atoms with Gasteiger partial charge in [-0.25, -0.2) is 4.79 Å². The molecular formula is C10H18N2O4. The number of nitrogens with one attached hydrogen (secondary N) is 1. The molecule has 1 saturated heterocycles. The molecule has 92 valence electrons. The van der Waals surface area contributed by atoms with Crippen LogP contribution in [-0.2, 0) is 9.53 Å². The van der Waals surface area contributed by atoms with Gasteiger partial charge in [0.05, 0.1) is 6.10 Å². The van der Waals surface area contributed by atoms with Gasteiger partial charge in [-0.1, -0.05) is 0 Å². The maximum absolute atomic E-state index is 11.6. The molecule has 1 heterocycles. The van der Waals surface area contributed by atoms with Crippen LogP contribution in [0.15, 0.2) is 0 Å². The minimum atomic E-state index is -1.03. The molecule has 1 fully saturated rings. The lowest BCUT2D eigenvalue weighted by Crippen LogP contribution is -2.49. The summed E-state index contributed by atoms with van der Waals surface area (Å²) in [4.78, 5) is 23.8. The summed E-state index contributed by atoms with van der Waals surface area (Å²) in [7, 11) is 1.66. The fourth-order valence-corrected chi connectivity index (χ4v) is 1.63. The summed E-state index contributed by atoms with van der Waals surface area (Å²) in [5.41, 5.74) is 0. The van der Waals surface area contributed by atoms with Crippen LogP contribution in [0.4, 0.5) is 4.79 Å². The molecule has 1 rings (SSSR count). The molecular weight excluding hydrogens is 212 g/mol. The molecule has 0 aromatic heterocycles. The van der Waals surface area contributed by atoms with Crippen LogP contribution < -0.4 is 5.32 Å². The lowest BCUT2D eigenvalue weighted by atomic mass is 10.1. The van der Waals surface area contributed by atoms with Crippen molar-refractivity contribution in [3.05, 3.63) is 0 Å². The van der Waals surface area contributed by atoms with Crippen LogP contribution in [-0.4, -0.2) is 54.4 Å². The number of aliphatic carboxylic acids is 1. The van der Waals surface area contributed by atoms with Crippen molar-refractivity contribution in [1.82, 2.24) is 10.2 Å². The van der Waals surface area contributed by atoms with Crippen molar-refractivity contribution < 1.29 is 19.4 Å². The number of rotatable bonds is 3. The zero-order valence-corrected chi connectivity index (χ0v) is 9.60. The molecule has 6 heteroatoms. The summed E-state index contributed by atoms with van der Waals surface area (Å²) >= 11 is 0. The van der Waals surface area contributed by atoms with E-state index in [9.17, 15) is 9.59 Å². The van der Waals surface area contributed by atoms with E-state index in [1.54, 1.807) is 12.0 Å². The molecule has 0 spiro atoms. The first kappa shape index (κ1) is 12.8. The number of piperidine rings is 1. The minimum Gasteiger partial charge on any atom is -0.480 e. The Morgan fingerprint density at radius 1 is 1.44 bits per heavy atom. The highest BCUT2D eigenvalue weighted by Crippen LogP contribution is 2.12. The summed E-state index contributed by atoms with van der Waals surface area (Å²) < 4.78 is 5.19. The number of likely N-dealkylation sites (tertiary alicyclic amines) is 1. The number of carboxylic acid groups (broad SMARTS) is 1. The Labute approximate surface area is 94.6 Å². The van der Waals surface area contributed by atoms with E-state index in [2.05, 4.69) is 5.32 Å². The molecule has 0 saturated carbocycles. The number of carboxylic acids is 1. The van der Waals surface area contributed by atoms with Gasteiger partial charge in [-0.2, -0.15) is 0 Å². The Kier molecular flexibility index (Phi) is 4.54. The predicted octanol–water partition coefficient (Wildman–Crippen LogP) is 0.280. The number of carbonyl (C=O) groups excluding carboxylic acids is 1. The first-order chi connectivity index (χ1) is 7.54. The third-order valence-electron chi connectivity index (χ3n) is 2.77. The molecule has 0 aliphatic carbocycles. The Morgan fingerprint density at radius 3 is 2.44 bits per heavy atom. The molecule has 0 radical (unpaired) electrons. The molecule has 16 heavy (non-hydrogen) atoms. The van der Waals surface area contributed by atoms with Gasteiger partial charge >= 0.3 is 12.0 Å². The number of hydrogen-bond acceptors (Lipinski definition) is 3. The molecule has 0 aromatic rings. The van der Waals surface area contributed by atoms with Crippen LogP contribution >= 0.6 is 0 Å². The molecule has 2 N–H and O–H groups in total. The van der Waals surface area contributed by atoms with Gasteiger partial charge in [0, 0.05) is 20.2 Å². The molecule has 1 aliphatic heterocycles. The Bertz CT molecular complexity index is 262. The highest BCUT2D eigenvalue weighted by molar-refractivity contribution is 5.82. The van der Waals surface area contributed by atoms with E-state index in [0.29, 0.717) is 13.1 Å². The van der Waals surface area contributed by atoms with E-state index < -0.39 is 12.0 Å². The summed E-state index contributed by atoms with van der Waals surface area (Å²) in [5.74, 6) is -1.03. The van der Waals surface area contributed by atoms with Gasteiger partial charge in [-0.05, 0) is 19.8 Å². The van der Waals surface area contributed by atoms with Crippen molar-refractivity contribution in [3.63, 3.8) is 0 Å². The first-order valence-corrected chi connectivity index (χ1v) is 5.35. The van der Waals surface area contributed by atoms with Crippen molar-refractivity contribution in [1.29, 1.82) is 0 Å². The smallest absolute Gasteiger partial charge is 0.325 e. The molecule has 6 nitrogen and oxygen atoms in total. The zero-order chi connectivity index (χ0) is 12.1. The SMILES string of the molecule is COC1CCN(C(=O)N[C@@H](C)C(=O)O)CC1. The molecule has 0 bridgehead atoms. The van der Waals surface area contributed by atoms with Crippen molar-refractivity contribution in [2.24, 2.45) is 0 Å². The summed E-state index contributed by atoms with van der Waals surface area (Å²) in [6, 6.07) is -1.17. The molecule has 0 aromatic carbocycles. The standard InChI is InChI=1S/C10H18N2O4/c1-7(9(13)14)11-10(15)12-5-3-8(16-2)4-6-12/h7-8H,3-6H2,1-2H3,(H,11,15)(H,13,14)/t7-/m0/s1. The number of ether oxygens (including phenoxy) is 1. The van der Waals surface area contributed by atoms with Crippen LogP contribution in [0.1, 0.15) is 19.8 Å². The van der Waals surface area contributed by atoms with Gasteiger partial charge in [0.2, 0.25) is 0 Å². The Balaban J connectivity index is 2.36. The van der Waals surface area contributed by atoms with Gasteiger partial charge in [-0.15, -0.1) is 0 Å². The van der Waals surface area contributed by atoms with E-state index in [4.69, 9.17) is 9.84 Å². The highest BCUT2D eigenvalue weighted by atomic mass is 16.5. The number of carbonyl (C=O) groups is 2. The lowest BCUT2D eigenvalue weighted by molar-refractivity contribution is -0.138. The summed E-state index contributed by atoms with van der Waals surface area (Å²) in [6.07, 6.45) is 1.80. The molecule has 2 amide bonds. The molecule has 1 aliphatic rings. The number of urea groups is 1. The number of amides is 2. The van der Waals surface area contributed by atoms with E-state index in [-0.39, 0.29) is 12.1 Å². The normalized spacial score (nSPS) is 19.2. The monoisotopic (exact) mass is 230 g/mol. The minimum absolute atomic E-state index is 0.209. The van der Waals surface area contributed by atoms with Crippen LogP contribution in [0.2, 0.25) is 0 Å². The van der Waals surface area contributed by atoms with Gasteiger partial charge in [0.1, 0.15) is 6.04 Å². The van der Waals surface area contributed by atoms with Gasteiger partial charge in [0.15, 0.2) is 0 Å². The van der Waals surface area contributed by atoms with Crippen LogP contribution in [0.5, 0.6) is 0 Å². The third-order valence-corrected chi connectivity index (χ3v) is 2.77. The topological polar surface area (TPSA) is 78.9 Å². The maximum atomic E-state index is 11.6. The van der Waals surface area contributed by atoms with Crippen molar-refractivity contribution in [2.45, 2.75) is 31.9 Å². The van der Waals surface area contributed by atoms with Gasteiger partial charge in [0.25, 0.3) is 0 Å². The maximum Gasteiger partial charge on any atom is 0.325 e. The van der Waals surface area contributed by atoms with Gasteiger partial charge < -0.3 is 20.1 Å². The average Bonchev–Trinajstić information content (AvgIpc) is 2.28. The predicted molar refractivity (Wildman–Crippen MR) is 57.2 cm³/mol. The van der Waals surface area contributed by atoms with Crippen molar-refractivity contribution in [3.8, 4) is 0 Å². The van der Waals surface area contributed by atoms with E-state index in [0.717, 1.165) is 12.8 Å². The quantitative estimate of drug-likeness (QED) is 0.730. The second-order valence-corrected chi connectivity index (χ2v) is 3.93. The summed E-state index contributed by atoms with van der Waals surface area (Å²) in [5, 5.41) is 11.1. The van der Waals surface area contributed by atoms with Crippen LogP contribution in [0.25, 0.3) is 0 Å². The van der Waals surface area contributed by atoms with Crippen molar-refractivity contribution >= 4 is 12.0 Å². The zero-order valence-electron chi connectivity index (χ0n) is 9.60.